The number of methoxy groups -OCH3 is 2. The zero-order valence-corrected chi connectivity index (χ0v) is 11.6. The van der Waals surface area contributed by atoms with Gasteiger partial charge in [-0.25, -0.2) is 0 Å². The lowest BCUT2D eigenvalue weighted by Crippen LogP contribution is -2.37. The van der Waals surface area contributed by atoms with Crippen LogP contribution in [0.4, 0.5) is 0 Å². The molecule has 0 N–H and O–H groups in total. The lowest BCUT2D eigenvalue weighted by molar-refractivity contribution is -0.157. The maximum atomic E-state index is 11.7. The molecule has 1 aromatic heterocycles. The van der Waals surface area contributed by atoms with Gasteiger partial charge in [0.05, 0.1) is 26.1 Å². The first-order valence-corrected chi connectivity index (χ1v) is 6.97. The van der Waals surface area contributed by atoms with Crippen LogP contribution in [-0.4, -0.2) is 26.2 Å². The lowest BCUT2D eigenvalue weighted by atomic mass is 9.81. The van der Waals surface area contributed by atoms with Crippen molar-refractivity contribution in [2.45, 2.75) is 12.8 Å². The van der Waals surface area contributed by atoms with Gasteiger partial charge in [-0.3, -0.25) is 14.4 Å². The van der Waals surface area contributed by atoms with Gasteiger partial charge in [0.2, 0.25) is 0 Å². The third kappa shape index (κ3) is 2.32. The van der Waals surface area contributed by atoms with E-state index in [0.29, 0.717) is 12.8 Å². The summed E-state index contributed by atoms with van der Waals surface area (Å²) in [5, 5.41) is 0. The summed E-state index contributed by atoms with van der Waals surface area (Å²) in [5.74, 6) is -1.97. The molecular weight excluding hydrogens is 276 g/mol. The summed E-state index contributed by atoms with van der Waals surface area (Å²) in [6, 6.07) is 0. The molecule has 0 amide bonds. The number of ether oxygens (including phenoxy) is 2. The molecule has 5 nitrogen and oxygen atoms in total. The van der Waals surface area contributed by atoms with E-state index in [9.17, 15) is 14.4 Å². The maximum Gasteiger partial charge on any atom is 0.309 e. The fraction of sp³-hybridized carbons (Fsp3) is 0.545. The molecule has 1 aliphatic carbocycles. The molecule has 0 aromatic carbocycles. The Hall–Kier alpha value is -1.21. The largest absolute Gasteiger partial charge is 0.469 e. The molecule has 2 atom stereocenters. The van der Waals surface area contributed by atoms with Crippen LogP contribution in [0.15, 0.2) is 4.79 Å². The van der Waals surface area contributed by atoms with Gasteiger partial charge in [-0.05, 0) is 12.8 Å². The highest BCUT2D eigenvalue weighted by atomic mass is 32.2. The Morgan fingerprint density at radius 3 is 1.72 bits per heavy atom. The molecular formula is C11H12O5S2. The molecule has 0 saturated heterocycles. The zero-order chi connectivity index (χ0) is 13.3. The highest BCUT2D eigenvalue weighted by molar-refractivity contribution is 7.27. The van der Waals surface area contributed by atoms with Crippen molar-refractivity contribution in [3.63, 3.8) is 0 Å². The summed E-state index contributed by atoms with van der Waals surface area (Å²) in [6.07, 6.45) is 0.760. The van der Waals surface area contributed by atoms with Crippen molar-refractivity contribution >= 4 is 34.6 Å². The topological polar surface area (TPSA) is 69.7 Å². The second-order valence-corrected chi connectivity index (χ2v) is 6.36. The van der Waals surface area contributed by atoms with Gasteiger partial charge in [-0.1, -0.05) is 22.7 Å². The van der Waals surface area contributed by atoms with E-state index in [0.717, 1.165) is 32.4 Å². The molecule has 1 aromatic rings. The first-order chi connectivity index (χ1) is 8.56. The average Bonchev–Trinajstić information content (AvgIpc) is 2.74. The molecule has 0 radical (unpaired) electrons. The first-order valence-electron chi connectivity index (χ1n) is 5.34. The Kier molecular flexibility index (Phi) is 3.82. The summed E-state index contributed by atoms with van der Waals surface area (Å²) < 4.78 is 9.43. The van der Waals surface area contributed by atoms with E-state index < -0.39 is 23.8 Å². The van der Waals surface area contributed by atoms with Gasteiger partial charge >= 0.3 is 11.9 Å². The van der Waals surface area contributed by atoms with Crippen molar-refractivity contribution in [3.05, 3.63) is 18.6 Å². The van der Waals surface area contributed by atoms with Crippen LogP contribution in [0, 0.1) is 11.8 Å². The van der Waals surface area contributed by atoms with Crippen LogP contribution in [0.1, 0.15) is 9.75 Å². The van der Waals surface area contributed by atoms with E-state index in [1.54, 1.807) is 0 Å². The van der Waals surface area contributed by atoms with Crippen molar-refractivity contribution in [2.75, 3.05) is 14.2 Å². The number of carbonyl (C=O) groups excluding carboxylic acids is 2. The lowest BCUT2D eigenvalue weighted by Gasteiger charge is -2.26. The minimum absolute atomic E-state index is 0.00543. The van der Waals surface area contributed by atoms with Crippen molar-refractivity contribution in [1.29, 1.82) is 0 Å². The SMILES string of the molecule is COC(=O)[C@@H]1Cc2sc(=O)sc2C[C@H]1C(=O)OC. The molecule has 0 unspecified atom stereocenters. The van der Waals surface area contributed by atoms with Crippen molar-refractivity contribution in [2.24, 2.45) is 11.8 Å². The van der Waals surface area contributed by atoms with Gasteiger partial charge in [0.1, 0.15) is 0 Å². The van der Waals surface area contributed by atoms with E-state index in [1.165, 1.54) is 14.2 Å². The van der Waals surface area contributed by atoms with Crippen LogP contribution < -0.4 is 4.06 Å². The fourth-order valence-corrected chi connectivity index (χ4v) is 4.47. The summed E-state index contributed by atoms with van der Waals surface area (Å²) in [4.78, 5) is 36.6. The molecule has 1 heterocycles. The summed E-state index contributed by atoms with van der Waals surface area (Å²) in [7, 11) is 2.59. The van der Waals surface area contributed by atoms with Gasteiger partial charge in [0.15, 0.2) is 0 Å². The fourth-order valence-electron chi connectivity index (χ4n) is 2.13. The minimum atomic E-state index is -0.555. The van der Waals surface area contributed by atoms with Crippen molar-refractivity contribution in [1.82, 2.24) is 0 Å². The molecule has 98 valence electrons. The molecule has 18 heavy (non-hydrogen) atoms. The van der Waals surface area contributed by atoms with Gasteiger partial charge in [0, 0.05) is 9.75 Å². The number of rotatable bonds is 2. The molecule has 0 spiro atoms. The van der Waals surface area contributed by atoms with Crippen LogP contribution in [0.2, 0.25) is 0 Å². The molecule has 0 saturated carbocycles. The maximum absolute atomic E-state index is 11.7. The van der Waals surface area contributed by atoms with Crippen LogP contribution >= 0.6 is 22.7 Å². The van der Waals surface area contributed by atoms with E-state index in [4.69, 9.17) is 9.47 Å². The third-order valence-electron chi connectivity index (χ3n) is 3.03. The minimum Gasteiger partial charge on any atom is -0.469 e. The standard InChI is InChI=1S/C11H12O5S2/c1-15-9(12)5-3-7-8(18-11(14)17-7)4-6(5)10(13)16-2/h5-6H,3-4H2,1-2H3/t5-,6-/m1/s1. The van der Waals surface area contributed by atoms with E-state index in [1.807, 2.05) is 0 Å². The Balaban J connectivity index is 2.35. The third-order valence-corrected chi connectivity index (χ3v) is 5.31. The quantitative estimate of drug-likeness (QED) is 0.754. The van der Waals surface area contributed by atoms with Crippen LogP contribution in [0.25, 0.3) is 0 Å². The second-order valence-electron chi connectivity index (χ2n) is 3.97. The highest BCUT2D eigenvalue weighted by Gasteiger charge is 2.40. The number of hydrogen-bond donors (Lipinski definition) is 0. The smallest absolute Gasteiger partial charge is 0.309 e. The number of fused-ring (bicyclic) bond motifs is 1. The summed E-state index contributed by atoms with van der Waals surface area (Å²) in [6.45, 7) is 0. The summed E-state index contributed by atoms with van der Waals surface area (Å²) in [5.41, 5.74) is 0. The molecule has 2 rings (SSSR count). The molecule has 0 fully saturated rings. The monoisotopic (exact) mass is 288 g/mol. The van der Waals surface area contributed by atoms with Gasteiger partial charge in [0.25, 0.3) is 4.06 Å². The molecule has 1 aliphatic rings. The average molecular weight is 288 g/mol. The van der Waals surface area contributed by atoms with Crippen molar-refractivity contribution in [3.8, 4) is 0 Å². The van der Waals surface area contributed by atoms with Gasteiger partial charge in [-0.2, -0.15) is 0 Å². The van der Waals surface area contributed by atoms with E-state index in [-0.39, 0.29) is 4.06 Å². The van der Waals surface area contributed by atoms with Crippen LogP contribution in [-0.2, 0) is 31.9 Å². The van der Waals surface area contributed by atoms with E-state index in [2.05, 4.69) is 0 Å². The Morgan fingerprint density at radius 2 is 1.39 bits per heavy atom. The molecule has 7 heteroatoms. The van der Waals surface area contributed by atoms with Crippen LogP contribution in [0.5, 0.6) is 0 Å². The zero-order valence-electron chi connectivity index (χ0n) is 9.93. The summed E-state index contributed by atoms with van der Waals surface area (Å²) >= 11 is 2.29. The number of esters is 2. The normalized spacial score (nSPS) is 22.1. The van der Waals surface area contributed by atoms with Gasteiger partial charge in [-0.15, -0.1) is 0 Å². The molecule has 0 aliphatic heterocycles. The molecule has 0 bridgehead atoms. The van der Waals surface area contributed by atoms with E-state index >= 15 is 0 Å². The predicted octanol–water partition coefficient (Wildman–Crippen LogP) is 0.847. The van der Waals surface area contributed by atoms with Gasteiger partial charge < -0.3 is 9.47 Å². The number of carbonyl (C=O) groups is 2. The Labute approximate surface area is 111 Å². The van der Waals surface area contributed by atoms with Crippen molar-refractivity contribution < 1.29 is 19.1 Å². The van der Waals surface area contributed by atoms with Crippen LogP contribution in [0.3, 0.4) is 0 Å². The highest BCUT2D eigenvalue weighted by Crippen LogP contribution is 2.35. The predicted molar refractivity (Wildman–Crippen MR) is 66.9 cm³/mol. The Morgan fingerprint density at radius 1 is 1.00 bits per heavy atom. The Bertz CT molecular complexity index is 485. The second kappa shape index (κ2) is 5.19. The first kappa shape index (κ1) is 13.2. The number of hydrogen-bond acceptors (Lipinski definition) is 7.